The maximum absolute atomic E-state index is 12.2. The molecule has 0 aliphatic rings. The number of rotatable bonds is 4. The van der Waals surface area contributed by atoms with E-state index < -0.39 is 11.7 Å². The van der Waals surface area contributed by atoms with Crippen molar-refractivity contribution < 1.29 is 83.4 Å². The summed E-state index contributed by atoms with van der Waals surface area (Å²) in [7, 11) is 0. The van der Waals surface area contributed by atoms with Gasteiger partial charge in [-0.1, -0.05) is 54.1 Å². The standard InChI is InChI=1S/2C15H10N.C10H6F3N2.C5H8O2.3Ir/c2*1-2-7-13(8-3-1)15-14-9-5-4-6-12(14)10-11-16-15;11-10(12,13)8-2-4-9(5-3-8)15-7-1-6-14-15;1-4(6)3-5(2)7;;;/h2*1-7,9-11H;1-4,6-7H;3,6H,1-2H3;;;/q3*-1;;;;. The third kappa shape index (κ3) is 14.5. The molecule has 5 aromatic carbocycles. The van der Waals surface area contributed by atoms with Gasteiger partial charge in [-0.05, 0) is 70.7 Å². The van der Waals surface area contributed by atoms with Crippen molar-refractivity contribution in [2.75, 3.05) is 0 Å². The Morgan fingerprint density at radius 2 is 1.16 bits per heavy atom. The predicted molar refractivity (Wildman–Crippen MR) is 206 cm³/mol. The van der Waals surface area contributed by atoms with Gasteiger partial charge < -0.3 is 15.1 Å². The third-order valence-corrected chi connectivity index (χ3v) is 7.56. The molecule has 8 rings (SSSR count). The van der Waals surface area contributed by atoms with E-state index in [1.165, 1.54) is 52.2 Å². The predicted octanol–water partition coefficient (Wildman–Crippen LogP) is 11.1. The van der Waals surface area contributed by atoms with E-state index in [0.717, 1.165) is 34.6 Å². The van der Waals surface area contributed by atoms with Crippen LogP contribution in [0.25, 0.3) is 49.7 Å². The SMILES string of the molecule is CC(=O)C=C(C)O.FC(F)(F)c1c[c-]c(-n2cccn2)cc1.[Ir].[Ir].[Ir].[c-]1ccccc1-c1nccc2ccccc12.[c-]1ccccc1-c1nccc2ccccc12. The van der Waals surface area contributed by atoms with Gasteiger partial charge in [-0.3, -0.25) is 9.48 Å². The van der Waals surface area contributed by atoms with Crippen LogP contribution in [0.1, 0.15) is 19.4 Å². The van der Waals surface area contributed by atoms with Crippen LogP contribution in [0, 0.1) is 18.2 Å². The molecule has 3 heterocycles. The van der Waals surface area contributed by atoms with Crippen molar-refractivity contribution in [2.24, 2.45) is 0 Å². The van der Waals surface area contributed by atoms with E-state index in [-0.39, 0.29) is 71.9 Å². The summed E-state index contributed by atoms with van der Waals surface area (Å²) in [6, 6.07) is 50.4. The van der Waals surface area contributed by atoms with Gasteiger partial charge >= 0.3 is 6.18 Å². The number of aliphatic hydroxyl groups is 1. The third-order valence-electron chi connectivity index (χ3n) is 7.56. The van der Waals surface area contributed by atoms with Crippen LogP contribution < -0.4 is 0 Å². The Morgan fingerprint density at radius 3 is 1.53 bits per heavy atom. The molecule has 57 heavy (non-hydrogen) atoms. The number of benzene rings is 5. The average molecular weight is 1300 g/mol. The second kappa shape index (κ2) is 24.0. The maximum Gasteiger partial charge on any atom is 0.370 e. The molecule has 0 aliphatic carbocycles. The molecule has 1 N–H and O–H groups in total. The fourth-order valence-electron chi connectivity index (χ4n) is 5.19. The number of fused-ring (bicyclic) bond motifs is 2. The van der Waals surface area contributed by atoms with Crippen LogP contribution in [0.4, 0.5) is 13.2 Å². The first kappa shape index (κ1) is 48.2. The Hall–Kier alpha value is -4.92. The van der Waals surface area contributed by atoms with Gasteiger partial charge in [-0.25, -0.2) is 0 Å². The molecule has 0 saturated heterocycles. The molecule has 8 aromatic rings. The number of halogens is 3. The second-order valence-corrected chi connectivity index (χ2v) is 11.6. The first-order valence-electron chi connectivity index (χ1n) is 16.7. The minimum absolute atomic E-state index is 0. The van der Waals surface area contributed by atoms with Crippen LogP contribution in [-0.2, 0) is 71.3 Å². The number of hydrogen-bond donors (Lipinski definition) is 1. The first-order valence-corrected chi connectivity index (χ1v) is 16.7. The minimum Gasteiger partial charge on any atom is -0.512 e. The van der Waals surface area contributed by atoms with Crippen molar-refractivity contribution in [3.05, 3.63) is 194 Å². The summed E-state index contributed by atoms with van der Waals surface area (Å²) in [6.45, 7) is 2.85. The maximum atomic E-state index is 12.2. The van der Waals surface area contributed by atoms with Gasteiger partial charge in [-0.15, -0.1) is 77.9 Å². The number of hydrogen-bond acceptors (Lipinski definition) is 5. The monoisotopic (exact) mass is 1300 g/mol. The van der Waals surface area contributed by atoms with E-state index >= 15 is 0 Å². The van der Waals surface area contributed by atoms with Crippen molar-refractivity contribution in [1.29, 1.82) is 0 Å². The fourth-order valence-corrected chi connectivity index (χ4v) is 5.19. The number of aromatic nitrogens is 4. The summed E-state index contributed by atoms with van der Waals surface area (Å²) in [5.41, 5.74) is 3.85. The van der Waals surface area contributed by atoms with Gasteiger partial charge in [0.2, 0.25) is 0 Å². The summed E-state index contributed by atoms with van der Waals surface area (Å²) in [6.07, 6.45) is 3.72. The number of nitrogens with zero attached hydrogens (tertiary/aromatic N) is 4. The number of alkyl halides is 3. The summed E-state index contributed by atoms with van der Waals surface area (Å²) >= 11 is 0. The van der Waals surface area contributed by atoms with E-state index in [1.807, 2.05) is 97.3 Å². The topological polar surface area (TPSA) is 80.9 Å². The molecule has 3 aromatic heterocycles. The molecular formula is C45H34F3Ir3N4O2-3. The number of carbonyl (C=O) groups excluding carboxylic acids is 1. The van der Waals surface area contributed by atoms with E-state index in [0.29, 0.717) is 5.69 Å². The van der Waals surface area contributed by atoms with Crippen LogP contribution >= 0.6 is 0 Å². The molecule has 0 aliphatic heterocycles. The number of allylic oxidation sites excluding steroid dienone is 2. The van der Waals surface area contributed by atoms with Crippen molar-refractivity contribution in [1.82, 2.24) is 19.7 Å². The molecule has 0 spiro atoms. The van der Waals surface area contributed by atoms with Crippen LogP contribution in [0.15, 0.2) is 170 Å². The number of pyridine rings is 2. The van der Waals surface area contributed by atoms with E-state index in [4.69, 9.17) is 5.11 Å². The van der Waals surface area contributed by atoms with Gasteiger partial charge in [0, 0.05) is 91.2 Å². The summed E-state index contributed by atoms with van der Waals surface area (Å²) in [5.74, 6) is -0.0625. The number of ketones is 1. The van der Waals surface area contributed by atoms with E-state index in [2.05, 4.69) is 57.5 Å². The Bertz CT molecular complexity index is 2300. The molecule has 3 radical (unpaired) electrons. The fraction of sp³-hybridized carbons (Fsp3) is 0.0667. The van der Waals surface area contributed by atoms with Gasteiger partial charge in [0.15, 0.2) is 5.78 Å². The van der Waals surface area contributed by atoms with Crippen LogP contribution in [0.2, 0.25) is 0 Å². The summed E-state index contributed by atoms with van der Waals surface area (Å²) < 4.78 is 38.1. The minimum atomic E-state index is -4.32. The number of aliphatic hydroxyl groups excluding tert-OH is 1. The second-order valence-electron chi connectivity index (χ2n) is 11.6. The molecule has 0 atom stereocenters. The largest absolute Gasteiger partial charge is 0.512 e. The Balaban J connectivity index is 0.000000267. The molecule has 0 amide bonds. The Labute approximate surface area is 370 Å². The van der Waals surface area contributed by atoms with Gasteiger partial charge in [0.05, 0.1) is 5.76 Å². The van der Waals surface area contributed by atoms with Gasteiger partial charge in [-0.2, -0.15) is 36.5 Å². The van der Waals surface area contributed by atoms with E-state index in [1.54, 1.807) is 18.5 Å². The van der Waals surface area contributed by atoms with Gasteiger partial charge in [0.1, 0.15) is 0 Å². The smallest absolute Gasteiger partial charge is 0.370 e. The molecule has 297 valence electrons. The van der Waals surface area contributed by atoms with Crippen molar-refractivity contribution in [2.45, 2.75) is 20.0 Å². The zero-order valence-corrected chi connectivity index (χ0v) is 37.6. The van der Waals surface area contributed by atoms with Crippen molar-refractivity contribution in [3.63, 3.8) is 0 Å². The summed E-state index contributed by atoms with van der Waals surface area (Å²) in [5, 5.41) is 17.0. The zero-order valence-electron chi connectivity index (χ0n) is 30.4. The molecule has 0 bridgehead atoms. The van der Waals surface area contributed by atoms with Crippen molar-refractivity contribution in [3.8, 4) is 28.2 Å². The molecule has 0 saturated carbocycles. The average Bonchev–Trinajstić information content (AvgIpc) is 3.74. The quantitative estimate of drug-likeness (QED) is 0.108. The van der Waals surface area contributed by atoms with Crippen LogP contribution in [0.3, 0.4) is 0 Å². The molecule has 0 fully saturated rings. The molecule has 12 heteroatoms. The van der Waals surface area contributed by atoms with Crippen LogP contribution in [0.5, 0.6) is 0 Å². The molecule has 6 nitrogen and oxygen atoms in total. The Kier molecular flexibility index (Phi) is 20.3. The summed E-state index contributed by atoms with van der Waals surface area (Å²) in [4.78, 5) is 18.9. The Morgan fingerprint density at radius 1 is 0.649 bits per heavy atom. The molecular weight excluding hydrogens is 1260 g/mol. The molecule has 0 unspecified atom stereocenters. The first-order chi connectivity index (χ1) is 26.1. The zero-order chi connectivity index (χ0) is 38.3. The number of carbonyl (C=O) groups is 1. The van der Waals surface area contributed by atoms with Crippen molar-refractivity contribution >= 4 is 27.3 Å². The van der Waals surface area contributed by atoms with Crippen LogP contribution in [-0.4, -0.2) is 30.6 Å². The van der Waals surface area contributed by atoms with E-state index in [9.17, 15) is 18.0 Å². The van der Waals surface area contributed by atoms with Gasteiger partial charge in [0.25, 0.3) is 0 Å². The normalized spacial score (nSPS) is 10.4.